The van der Waals surface area contributed by atoms with Crippen LogP contribution in [-0.2, 0) is 16.2 Å². The van der Waals surface area contributed by atoms with Crippen molar-refractivity contribution in [2.75, 3.05) is 14.7 Å². The predicted molar refractivity (Wildman–Crippen MR) is 539 cm³/mol. The molecule has 0 amide bonds. The Morgan fingerprint density at radius 3 is 0.778 bits per heavy atom. The van der Waals surface area contributed by atoms with E-state index in [0.717, 1.165) is 175 Å². The summed E-state index contributed by atoms with van der Waals surface area (Å²) in [5, 5.41) is 0. The molecule has 0 N–H and O–H groups in total. The largest absolute Gasteiger partial charge is 0.457 e. The number of hydrogen-bond acceptors (Lipinski definition) is 14. The maximum Gasteiger partial charge on any atom is 0.132 e. The quantitative estimate of drug-likeness (QED) is 0.142. The number of aryl methyl sites for hydroxylation is 4. The number of ether oxygens (including phenoxy) is 2. The molecule has 5 aromatic heterocycles. The van der Waals surface area contributed by atoms with Gasteiger partial charge in [-0.3, -0.25) is 4.98 Å². The van der Waals surface area contributed by atoms with E-state index >= 15 is 0 Å². The first-order valence-corrected chi connectivity index (χ1v) is 45.8. The third-order valence-corrected chi connectivity index (χ3v) is 27.8. The second-order valence-electron chi connectivity index (χ2n) is 35.2. The lowest BCUT2D eigenvalue weighted by molar-refractivity contribution is 0.434. The Morgan fingerprint density at radius 2 is 0.459 bits per heavy atom. The Bertz CT molecular complexity index is 7510. The van der Waals surface area contributed by atoms with Crippen molar-refractivity contribution in [3.8, 4) is 90.4 Å². The van der Waals surface area contributed by atoms with Crippen molar-refractivity contribution in [1.82, 2.24) is 44.9 Å². The predicted octanol–water partition coefficient (Wildman–Crippen LogP) is 28.8. The second kappa shape index (κ2) is 32.4. The lowest BCUT2D eigenvalue weighted by atomic mass is 9.61. The van der Waals surface area contributed by atoms with Crippen molar-refractivity contribution >= 4 is 51.2 Å². The van der Waals surface area contributed by atoms with Gasteiger partial charge in [0.15, 0.2) is 0 Å². The first-order valence-electron chi connectivity index (χ1n) is 45.8. The molecule has 0 fully saturated rings. The molecule has 20 aromatic rings. The number of nitrogens with zero attached hydrogens (tertiary/aromatic N) is 12. The third kappa shape index (κ3) is 12.6. The maximum atomic E-state index is 6.53. The molecule has 0 bridgehead atoms. The van der Waals surface area contributed by atoms with Gasteiger partial charge in [0.1, 0.15) is 46.8 Å². The number of benzene rings is 15. The average molecular weight is 1740 g/mol. The molecule has 1 aliphatic carbocycles. The Hall–Kier alpha value is -17.2. The number of aromatic nitrogens is 9. The molecule has 10 heterocycles. The number of rotatable bonds is 8. The van der Waals surface area contributed by atoms with Gasteiger partial charge >= 0.3 is 0 Å². The Kier molecular flexibility index (Phi) is 19.5. The minimum Gasteiger partial charge on any atom is -0.457 e. The molecular formula is C121H88N12O2. The van der Waals surface area contributed by atoms with Crippen LogP contribution >= 0.6 is 0 Å². The third-order valence-electron chi connectivity index (χ3n) is 27.8. The van der Waals surface area contributed by atoms with E-state index in [-0.39, 0.29) is 5.41 Å². The highest BCUT2D eigenvalue weighted by atomic mass is 16.5. The fourth-order valence-corrected chi connectivity index (χ4v) is 22.2. The minimum atomic E-state index is -0.553. The molecule has 0 atom stereocenters. The molecule has 14 heteroatoms. The normalized spacial score (nSPS) is 13.7. The number of anilines is 9. The lowest BCUT2D eigenvalue weighted by Crippen LogP contribution is -2.39. The van der Waals surface area contributed by atoms with Gasteiger partial charge < -0.3 is 24.2 Å². The van der Waals surface area contributed by atoms with Crippen molar-refractivity contribution in [3.05, 3.63) is 514 Å². The molecule has 26 rings (SSSR count). The summed E-state index contributed by atoms with van der Waals surface area (Å²) in [4.78, 5) is 48.5. The number of hydrogen-bond donors (Lipinski definition) is 0. The van der Waals surface area contributed by atoms with E-state index in [4.69, 9.17) is 34.4 Å². The van der Waals surface area contributed by atoms with Gasteiger partial charge in [-0.05, 0) is 219 Å². The van der Waals surface area contributed by atoms with Crippen LogP contribution in [0.15, 0.2) is 407 Å². The Labute approximate surface area is 784 Å². The molecule has 0 unspecified atom stereocenters. The SMILES string of the molecule is Cc1nc(-c2ccc(N3c4ccccc4C4(c5ccccc5Oc5ccccc54)c4ccccc43)cc2)c(C)c(-c2cccnc2)n1.Cc1nc(-c2ccc(N3c4ccccc4C4(c5ccccc5Oc5ccccc54)c4ccccc43)cc2)c(C)c(-c2cncnc2)n1.Cc1nc(C)c(C)c(-c2ccc(N3c4ccccc4C4(c5ccccc5-c5ccccc54)c4ccccc43)cc2)n1. The van der Waals surface area contributed by atoms with Crippen LogP contribution in [0.2, 0.25) is 0 Å². The van der Waals surface area contributed by atoms with Gasteiger partial charge in [-0.15, -0.1) is 0 Å². The molecule has 0 radical (unpaired) electrons. The van der Waals surface area contributed by atoms with E-state index in [1.165, 1.54) is 73.3 Å². The van der Waals surface area contributed by atoms with Crippen LogP contribution in [0, 0.1) is 48.5 Å². The van der Waals surface area contributed by atoms with Gasteiger partial charge in [-0.25, -0.2) is 39.9 Å². The van der Waals surface area contributed by atoms with Crippen LogP contribution in [0.4, 0.5) is 51.2 Å². The van der Waals surface area contributed by atoms with Crippen LogP contribution in [0.25, 0.3) is 67.4 Å². The summed E-state index contributed by atoms with van der Waals surface area (Å²) >= 11 is 0. The van der Waals surface area contributed by atoms with Gasteiger partial charge in [0.05, 0.1) is 78.8 Å². The highest BCUT2D eigenvalue weighted by Gasteiger charge is 2.55. The van der Waals surface area contributed by atoms with Crippen LogP contribution in [0.1, 0.15) is 107 Å². The maximum absolute atomic E-state index is 6.53. The van der Waals surface area contributed by atoms with Crippen molar-refractivity contribution in [1.29, 1.82) is 0 Å². The summed E-state index contributed by atoms with van der Waals surface area (Å²) in [5.74, 6) is 5.76. The molecule has 644 valence electrons. The fourth-order valence-electron chi connectivity index (χ4n) is 22.2. The van der Waals surface area contributed by atoms with E-state index in [9.17, 15) is 0 Å². The van der Waals surface area contributed by atoms with Crippen LogP contribution in [0.3, 0.4) is 0 Å². The molecule has 0 saturated heterocycles. The molecule has 3 spiro atoms. The number of pyridine rings is 1. The summed E-state index contributed by atoms with van der Waals surface area (Å²) in [5.41, 5.74) is 39.9. The molecule has 15 aromatic carbocycles. The van der Waals surface area contributed by atoms with E-state index in [2.05, 4.69) is 414 Å². The topological polar surface area (TPSA) is 144 Å². The van der Waals surface area contributed by atoms with Crippen molar-refractivity contribution in [2.45, 2.75) is 64.7 Å². The monoisotopic (exact) mass is 1740 g/mol. The van der Waals surface area contributed by atoms with Crippen molar-refractivity contribution in [2.24, 2.45) is 0 Å². The second-order valence-corrected chi connectivity index (χ2v) is 35.2. The first-order chi connectivity index (χ1) is 66.4. The smallest absolute Gasteiger partial charge is 0.132 e. The summed E-state index contributed by atoms with van der Waals surface area (Å²) in [6, 6.07) is 135. The number of fused-ring (bicyclic) bond motifs is 25. The zero-order valence-electron chi connectivity index (χ0n) is 75.4. The fraction of sp³-hybridized carbons (Fsp3) is 0.0826. The Balaban J connectivity index is 0.000000111. The van der Waals surface area contributed by atoms with Crippen molar-refractivity contribution in [3.63, 3.8) is 0 Å². The summed E-state index contributed by atoms with van der Waals surface area (Å²) in [6.07, 6.45) is 8.76. The minimum absolute atomic E-state index is 0.385. The van der Waals surface area contributed by atoms with E-state index < -0.39 is 10.8 Å². The van der Waals surface area contributed by atoms with Crippen LogP contribution in [-0.4, -0.2) is 44.9 Å². The highest BCUT2D eigenvalue weighted by molar-refractivity contribution is 5.98. The lowest BCUT2D eigenvalue weighted by Gasteiger charge is -2.48. The number of para-hydroxylation sites is 10. The molecule has 5 aliphatic heterocycles. The van der Waals surface area contributed by atoms with Gasteiger partial charge in [-0.1, -0.05) is 267 Å². The zero-order chi connectivity index (χ0) is 90.8. The van der Waals surface area contributed by atoms with E-state index in [0.29, 0.717) is 5.82 Å². The Morgan fingerprint density at radius 1 is 0.207 bits per heavy atom. The summed E-state index contributed by atoms with van der Waals surface area (Å²) in [6.45, 7) is 14.1. The van der Waals surface area contributed by atoms with Gasteiger partial charge in [-0.2, -0.15) is 0 Å². The molecule has 135 heavy (non-hydrogen) atoms. The molecule has 6 aliphatic rings. The molecule has 0 saturated carbocycles. The van der Waals surface area contributed by atoms with Crippen LogP contribution in [0.5, 0.6) is 23.0 Å². The standard InChI is InChI=1S/C42H30N4O.C41H29N5O.C38H29N3/c1-27-40(44-28(2)45-41(27)30-12-11-25-43-26-30)29-21-23-31(24-22-29)46-36-17-7-3-13-32(36)42(33-14-4-8-18-37(33)46)34-15-5-9-19-38(34)47-39-20-10-6-16-35(39)42;1-26-39(44-27(2)45-40(26)29-23-42-25-43-24-29)28-19-21-30(22-20-28)46-35-15-7-3-11-31(35)41(32-12-4-8-16-36(32)46)33-13-5-9-17-37(33)47-38-18-10-6-14-34(38)41;1-24-25(2)39-26(3)40-37(24)27-20-22-28(23-21-27)41-35-18-10-8-16-33(35)38(34-17-9-11-19-36(34)41)31-14-6-4-12-29(31)30-13-5-7-15-32(30)38/h3-26H,1-2H3;3-25H,1-2H3;4-23H,1-3H3. The van der Waals surface area contributed by atoms with Crippen LogP contribution < -0.4 is 24.2 Å². The van der Waals surface area contributed by atoms with E-state index in [1.54, 1.807) is 18.6 Å². The van der Waals surface area contributed by atoms with Gasteiger partial charge in [0.2, 0.25) is 0 Å². The summed E-state index contributed by atoms with van der Waals surface area (Å²) < 4.78 is 13.1. The average Bonchev–Trinajstić information content (AvgIpc) is 1.39. The summed E-state index contributed by atoms with van der Waals surface area (Å²) in [7, 11) is 0. The van der Waals surface area contributed by atoms with Crippen molar-refractivity contribution < 1.29 is 9.47 Å². The zero-order valence-corrected chi connectivity index (χ0v) is 75.4. The molecule has 14 nitrogen and oxygen atoms in total. The molecular weight excluding hydrogens is 1650 g/mol. The van der Waals surface area contributed by atoms with Gasteiger partial charge in [0, 0.05) is 109 Å². The van der Waals surface area contributed by atoms with Gasteiger partial charge in [0.25, 0.3) is 0 Å². The van der Waals surface area contributed by atoms with E-state index in [1.807, 2.05) is 51.2 Å². The highest BCUT2D eigenvalue weighted by Crippen LogP contribution is 2.67. The first kappa shape index (κ1) is 81.0.